The Hall–Kier alpha value is -7.31. The van der Waals surface area contributed by atoms with Crippen LogP contribution < -0.4 is 0 Å². The highest BCUT2D eigenvalue weighted by molar-refractivity contribution is 8.34. The summed E-state index contributed by atoms with van der Waals surface area (Å²) in [7, 11) is -2.19. The molecule has 0 unspecified atom stereocenters. The Bertz CT molecular complexity index is 2900. The molecule has 0 bridgehead atoms. The van der Waals surface area contributed by atoms with Gasteiger partial charge in [-0.2, -0.15) is 10.5 Å². The van der Waals surface area contributed by atoms with Crippen molar-refractivity contribution in [2.75, 3.05) is 0 Å². The largest absolute Gasteiger partial charge is 0.309 e. The monoisotopic (exact) mass is 720 g/mol. The lowest BCUT2D eigenvalue weighted by Gasteiger charge is -2.42. The third-order valence-corrected chi connectivity index (χ3v) is 14.6. The molecule has 0 N–H and O–H groups in total. The van der Waals surface area contributed by atoms with Gasteiger partial charge in [0, 0.05) is 52.5 Å². The summed E-state index contributed by atoms with van der Waals surface area (Å²) in [6.45, 7) is 0. The summed E-state index contributed by atoms with van der Waals surface area (Å²) < 4.78 is 4.67. The van der Waals surface area contributed by atoms with Crippen LogP contribution in [0, 0.1) is 22.7 Å². The highest BCUT2D eigenvalue weighted by atomic mass is 32.3. The predicted molar refractivity (Wildman–Crippen MR) is 225 cm³/mol. The molecule has 0 spiro atoms. The van der Waals surface area contributed by atoms with Crippen molar-refractivity contribution < 1.29 is 0 Å². The molecule has 2 heterocycles. The molecule has 10 aromatic rings. The molecule has 5 heteroatoms. The van der Waals surface area contributed by atoms with Crippen molar-refractivity contribution in [1.29, 1.82) is 10.5 Å². The van der Waals surface area contributed by atoms with Crippen LogP contribution in [0.2, 0.25) is 0 Å². The van der Waals surface area contributed by atoms with Crippen molar-refractivity contribution in [3.05, 3.63) is 205 Å². The molecule has 258 valence electrons. The fourth-order valence-corrected chi connectivity index (χ4v) is 12.2. The Morgan fingerprint density at radius 1 is 0.327 bits per heavy atom. The molecule has 2 aromatic heterocycles. The van der Waals surface area contributed by atoms with E-state index < -0.39 is 10.0 Å². The molecule has 0 radical (unpaired) electrons. The van der Waals surface area contributed by atoms with Crippen LogP contribution in [0.4, 0.5) is 0 Å². The van der Waals surface area contributed by atoms with Crippen molar-refractivity contribution in [1.82, 2.24) is 9.13 Å². The molecule has 55 heavy (non-hydrogen) atoms. The van der Waals surface area contributed by atoms with E-state index in [1.165, 1.54) is 21.5 Å². The number of para-hydroxylation sites is 4. The Balaban J connectivity index is 1.22. The number of hydrogen-bond donors (Lipinski definition) is 0. The number of rotatable bonds is 6. The van der Waals surface area contributed by atoms with E-state index in [-0.39, 0.29) is 0 Å². The molecule has 0 amide bonds. The van der Waals surface area contributed by atoms with Crippen LogP contribution in [0.5, 0.6) is 0 Å². The minimum atomic E-state index is -2.19. The molecule has 0 saturated carbocycles. The third kappa shape index (κ3) is 4.92. The highest BCUT2D eigenvalue weighted by Gasteiger charge is 2.34. The molecule has 0 fully saturated rings. The first-order valence-corrected chi connectivity index (χ1v) is 19.8. The molecule has 0 saturated heterocycles. The molecular formula is C50H32N4S. The van der Waals surface area contributed by atoms with Crippen LogP contribution >= 0.6 is 10.0 Å². The minimum absolute atomic E-state index is 0.371. The Labute approximate surface area is 320 Å². The van der Waals surface area contributed by atoms with Crippen LogP contribution in [-0.2, 0) is 0 Å². The quantitative estimate of drug-likeness (QED) is 0.172. The first-order chi connectivity index (χ1) is 27.2. The second kappa shape index (κ2) is 13.0. The van der Waals surface area contributed by atoms with Gasteiger partial charge in [0.05, 0.1) is 33.2 Å². The van der Waals surface area contributed by atoms with Crippen molar-refractivity contribution in [3.63, 3.8) is 0 Å². The maximum atomic E-state index is 10.3. The summed E-state index contributed by atoms with van der Waals surface area (Å²) in [5, 5.41) is 25.1. The lowest BCUT2D eigenvalue weighted by atomic mass is 10.1. The molecule has 0 aliphatic rings. The average Bonchev–Trinajstić information content (AvgIpc) is 3.78. The Kier molecular flexibility index (Phi) is 7.63. The third-order valence-electron chi connectivity index (χ3n) is 10.7. The maximum absolute atomic E-state index is 10.3. The zero-order valence-corrected chi connectivity index (χ0v) is 30.5. The minimum Gasteiger partial charge on any atom is -0.309 e. The first-order valence-electron chi connectivity index (χ1n) is 18.2. The number of benzene rings is 8. The summed E-state index contributed by atoms with van der Waals surface area (Å²) in [5.41, 5.74) is 7.51. The second-order valence-corrected chi connectivity index (χ2v) is 16.7. The standard InChI is InChI=1S/C50H32N4S/c51-33-35-22-27-42(32-36(35)34-52)55(39-12-2-1-3-13-39,40-28-23-37(24-29-40)53-47-18-8-4-14-43(47)44-15-5-9-19-48(44)53)41-30-25-38(26-31-41)54-49-20-10-6-16-45(49)46-17-7-11-21-50(46)54/h1-32H. The van der Waals surface area contributed by atoms with Gasteiger partial charge in [0.25, 0.3) is 0 Å². The van der Waals surface area contributed by atoms with Gasteiger partial charge in [-0.3, -0.25) is 0 Å². The molecule has 4 nitrogen and oxygen atoms in total. The average molecular weight is 721 g/mol. The van der Waals surface area contributed by atoms with Crippen LogP contribution in [-0.4, -0.2) is 9.13 Å². The van der Waals surface area contributed by atoms with E-state index in [4.69, 9.17) is 0 Å². The zero-order valence-electron chi connectivity index (χ0n) is 29.7. The fraction of sp³-hybridized carbons (Fsp3) is 0. The lowest BCUT2D eigenvalue weighted by molar-refractivity contribution is 1.15. The summed E-state index contributed by atoms with van der Waals surface area (Å²) >= 11 is 0. The van der Waals surface area contributed by atoms with E-state index in [1.807, 2.05) is 18.2 Å². The van der Waals surface area contributed by atoms with Gasteiger partial charge in [0.2, 0.25) is 0 Å². The van der Waals surface area contributed by atoms with Crippen LogP contribution in [0.25, 0.3) is 55.0 Å². The summed E-state index contributed by atoms with van der Waals surface area (Å²) in [6, 6.07) is 73.1. The van der Waals surface area contributed by atoms with Crippen molar-refractivity contribution >= 4 is 53.6 Å². The summed E-state index contributed by atoms with van der Waals surface area (Å²) in [5.74, 6) is 0. The Morgan fingerprint density at radius 2 is 0.673 bits per heavy atom. The van der Waals surface area contributed by atoms with E-state index in [0.717, 1.165) is 53.0 Å². The van der Waals surface area contributed by atoms with Gasteiger partial charge in [-0.25, -0.2) is 0 Å². The van der Waals surface area contributed by atoms with Crippen LogP contribution in [0.3, 0.4) is 0 Å². The van der Waals surface area contributed by atoms with Gasteiger partial charge < -0.3 is 9.13 Å². The first kappa shape index (κ1) is 32.3. The number of nitriles is 2. The topological polar surface area (TPSA) is 57.4 Å². The van der Waals surface area contributed by atoms with Gasteiger partial charge >= 0.3 is 0 Å². The fourth-order valence-electron chi connectivity index (χ4n) is 8.35. The van der Waals surface area contributed by atoms with Gasteiger partial charge in [-0.1, -0.05) is 91.0 Å². The van der Waals surface area contributed by atoms with E-state index in [0.29, 0.717) is 11.1 Å². The maximum Gasteiger partial charge on any atom is 0.101 e. The molecule has 0 aliphatic heterocycles. The number of nitrogens with zero attached hydrogens (tertiary/aromatic N) is 4. The zero-order chi connectivity index (χ0) is 36.9. The van der Waals surface area contributed by atoms with E-state index in [2.05, 4.69) is 191 Å². The van der Waals surface area contributed by atoms with E-state index >= 15 is 0 Å². The predicted octanol–water partition coefficient (Wildman–Crippen LogP) is 13.0. The molecule has 8 aromatic carbocycles. The normalized spacial score (nSPS) is 11.9. The van der Waals surface area contributed by atoms with E-state index in [1.54, 1.807) is 6.07 Å². The van der Waals surface area contributed by atoms with Crippen LogP contribution in [0.15, 0.2) is 214 Å². The van der Waals surface area contributed by atoms with Gasteiger partial charge in [0.15, 0.2) is 0 Å². The molecular weight excluding hydrogens is 689 g/mol. The summed E-state index contributed by atoms with van der Waals surface area (Å²) in [4.78, 5) is 4.38. The molecule has 0 aliphatic carbocycles. The Morgan fingerprint density at radius 3 is 1.07 bits per heavy atom. The smallest absolute Gasteiger partial charge is 0.101 e. The summed E-state index contributed by atoms with van der Waals surface area (Å²) in [6.07, 6.45) is 0. The molecule has 10 rings (SSSR count). The van der Waals surface area contributed by atoms with Crippen molar-refractivity contribution in [2.24, 2.45) is 0 Å². The lowest BCUT2D eigenvalue weighted by Crippen LogP contribution is -2.07. The van der Waals surface area contributed by atoms with Gasteiger partial charge in [-0.05, 0) is 103 Å². The molecule has 0 atom stereocenters. The van der Waals surface area contributed by atoms with Crippen molar-refractivity contribution in [3.8, 4) is 23.5 Å². The number of aromatic nitrogens is 2. The highest BCUT2D eigenvalue weighted by Crippen LogP contribution is 2.73. The van der Waals surface area contributed by atoms with E-state index in [9.17, 15) is 10.5 Å². The number of hydrogen-bond acceptors (Lipinski definition) is 2. The van der Waals surface area contributed by atoms with Crippen LogP contribution in [0.1, 0.15) is 11.1 Å². The second-order valence-electron chi connectivity index (χ2n) is 13.6. The van der Waals surface area contributed by atoms with Gasteiger partial charge in [-0.15, -0.1) is 10.0 Å². The SMILES string of the molecule is N#Cc1ccc(S(c2ccccc2)(c2ccc(-n3c4ccccc4c4ccccc43)cc2)c2ccc(-n3c4ccccc4c4ccccc43)cc2)cc1C#N. The number of fused-ring (bicyclic) bond motifs is 6. The van der Waals surface area contributed by atoms with Crippen molar-refractivity contribution in [2.45, 2.75) is 19.6 Å². The van der Waals surface area contributed by atoms with Gasteiger partial charge in [0.1, 0.15) is 12.1 Å².